The Labute approximate surface area is 228 Å². The van der Waals surface area contributed by atoms with Gasteiger partial charge in [0.05, 0.1) is 0 Å². The second kappa shape index (κ2) is 27.5. The first kappa shape index (κ1) is 35.5. The van der Waals surface area contributed by atoms with Crippen molar-refractivity contribution in [3.63, 3.8) is 0 Å². The van der Waals surface area contributed by atoms with Gasteiger partial charge < -0.3 is 4.74 Å². The van der Waals surface area contributed by atoms with Crippen molar-refractivity contribution < 1.29 is 9.53 Å². The maximum Gasteiger partial charge on any atom is 0.306 e. The van der Waals surface area contributed by atoms with Crippen LogP contribution in [0.1, 0.15) is 207 Å². The number of unbranched alkanes of at least 4 members (excludes halogenated alkanes) is 22. The van der Waals surface area contributed by atoms with Gasteiger partial charge in [0.1, 0.15) is 5.60 Å². The van der Waals surface area contributed by atoms with E-state index in [9.17, 15) is 4.79 Å². The molecule has 0 aliphatic carbocycles. The summed E-state index contributed by atoms with van der Waals surface area (Å²) in [5, 5.41) is 0. The Balaban J connectivity index is 3.99. The van der Waals surface area contributed by atoms with Gasteiger partial charge in [-0.15, -0.1) is 0 Å². The van der Waals surface area contributed by atoms with Crippen LogP contribution in [-0.4, -0.2) is 11.6 Å². The fourth-order valence-corrected chi connectivity index (χ4v) is 5.40. The molecule has 2 nitrogen and oxygen atoms in total. The summed E-state index contributed by atoms with van der Waals surface area (Å²) < 4.78 is 6.16. The second-order valence-electron chi connectivity index (χ2n) is 12.0. The fraction of sp³-hybridized carbons (Fsp3) is 0.971. The molecule has 36 heavy (non-hydrogen) atoms. The molecule has 0 saturated heterocycles. The highest BCUT2D eigenvalue weighted by Crippen LogP contribution is 2.28. The van der Waals surface area contributed by atoms with Crippen LogP contribution in [0.3, 0.4) is 0 Å². The van der Waals surface area contributed by atoms with Crippen molar-refractivity contribution in [2.75, 3.05) is 0 Å². The summed E-state index contributed by atoms with van der Waals surface area (Å²) in [6, 6.07) is 0. The van der Waals surface area contributed by atoms with Crippen LogP contribution in [0, 0.1) is 0 Å². The smallest absolute Gasteiger partial charge is 0.306 e. The maximum atomic E-state index is 12.7. The lowest BCUT2D eigenvalue weighted by Crippen LogP contribution is -2.32. The van der Waals surface area contributed by atoms with Crippen molar-refractivity contribution in [1.29, 1.82) is 0 Å². The SMILES string of the molecule is CCCCCCCCCCCCCCCC(=O)OC(C)(CCCCCCC)CCCCCCCCC. The average Bonchev–Trinajstić information content (AvgIpc) is 2.86. The van der Waals surface area contributed by atoms with Gasteiger partial charge in [-0.05, 0) is 39.0 Å². The van der Waals surface area contributed by atoms with E-state index < -0.39 is 0 Å². The molecule has 1 unspecified atom stereocenters. The predicted molar refractivity (Wildman–Crippen MR) is 161 cm³/mol. The van der Waals surface area contributed by atoms with Crippen molar-refractivity contribution in [2.45, 2.75) is 213 Å². The number of carbonyl (C=O) groups is 1. The third-order valence-corrected chi connectivity index (χ3v) is 7.96. The first-order chi connectivity index (χ1) is 17.6. The number of esters is 1. The first-order valence-corrected chi connectivity index (χ1v) is 16.8. The third-order valence-electron chi connectivity index (χ3n) is 7.96. The Morgan fingerprint density at radius 2 is 0.722 bits per heavy atom. The Bertz CT molecular complexity index is 446. The summed E-state index contributed by atoms with van der Waals surface area (Å²) in [6.45, 7) is 9.04. The summed E-state index contributed by atoms with van der Waals surface area (Å²) in [5.41, 5.74) is -0.247. The van der Waals surface area contributed by atoms with Crippen LogP contribution < -0.4 is 0 Å². The van der Waals surface area contributed by atoms with Gasteiger partial charge in [0.25, 0.3) is 0 Å². The molecule has 0 saturated carbocycles. The monoisotopic (exact) mass is 509 g/mol. The van der Waals surface area contributed by atoms with Gasteiger partial charge in [0.15, 0.2) is 0 Å². The molecule has 0 amide bonds. The van der Waals surface area contributed by atoms with Gasteiger partial charge in [-0.2, -0.15) is 0 Å². The molecular weight excluding hydrogens is 440 g/mol. The second-order valence-corrected chi connectivity index (χ2v) is 12.0. The highest BCUT2D eigenvalue weighted by atomic mass is 16.6. The van der Waals surface area contributed by atoms with Crippen LogP contribution in [0.15, 0.2) is 0 Å². The van der Waals surface area contributed by atoms with Crippen LogP contribution in [0.5, 0.6) is 0 Å². The van der Waals surface area contributed by atoms with Crippen molar-refractivity contribution >= 4 is 5.97 Å². The van der Waals surface area contributed by atoms with E-state index in [0.717, 1.165) is 19.3 Å². The molecule has 0 aromatic carbocycles. The molecule has 0 fully saturated rings. The average molecular weight is 509 g/mol. The predicted octanol–water partition coefficient (Wildman–Crippen LogP) is 12.3. The molecular formula is C34H68O2. The van der Waals surface area contributed by atoms with Gasteiger partial charge in [-0.3, -0.25) is 4.79 Å². The van der Waals surface area contributed by atoms with E-state index in [1.165, 1.54) is 154 Å². The largest absolute Gasteiger partial charge is 0.459 e. The molecule has 0 N–H and O–H groups in total. The van der Waals surface area contributed by atoms with Gasteiger partial charge in [-0.1, -0.05) is 162 Å². The van der Waals surface area contributed by atoms with Crippen LogP contribution in [0.2, 0.25) is 0 Å². The van der Waals surface area contributed by atoms with Gasteiger partial charge in [0.2, 0.25) is 0 Å². The standard InChI is InChI=1S/C34H68O2/c1-5-8-11-14-16-17-18-19-20-21-22-24-27-30-33(35)36-34(4,31-28-25-13-10-7-3)32-29-26-23-15-12-9-6-2/h5-32H2,1-4H3. The third kappa shape index (κ3) is 25.1. The van der Waals surface area contributed by atoms with E-state index >= 15 is 0 Å². The number of hydrogen-bond donors (Lipinski definition) is 0. The van der Waals surface area contributed by atoms with E-state index in [0.29, 0.717) is 6.42 Å². The van der Waals surface area contributed by atoms with Crippen molar-refractivity contribution in [3.8, 4) is 0 Å². The zero-order valence-electron chi connectivity index (χ0n) is 25.6. The lowest BCUT2D eigenvalue weighted by atomic mass is 9.91. The van der Waals surface area contributed by atoms with Crippen LogP contribution in [-0.2, 0) is 9.53 Å². The highest BCUT2D eigenvalue weighted by molar-refractivity contribution is 5.69. The molecule has 0 aromatic heterocycles. The fourth-order valence-electron chi connectivity index (χ4n) is 5.40. The Kier molecular flexibility index (Phi) is 27.1. The zero-order chi connectivity index (χ0) is 26.6. The molecule has 0 aromatic rings. The molecule has 216 valence electrons. The summed E-state index contributed by atoms with van der Waals surface area (Å²) in [4.78, 5) is 12.7. The van der Waals surface area contributed by atoms with E-state index in [1.54, 1.807) is 0 Å². The van der Waals surface area contributed by atoms with Crippen molar-refractivity contribution in [1.82, 2.24) is 0 Å². The van der Waals surface area contributed by atoms with Crippen LogP contribution >= 0.6 is 0 Å². The summed E-state index contributed by atoms with van der Waals surface area (Å²) in [7, 11) is 0. The minimum absolute atomic E-state index is 0.0528. The minimum atomic E-state index is -0.247. The van der Waals surface area contributed by atoms with Crippen molar-refractivity contribution in [3.05, 3.63) is 0 Å². The topological polar surface area (TPSA) is 26.3 Å². The molecule has 0 aliphatic rings. The Hall–Kier alpha value is -0.530. The molecule has 0 radical (unpaired) electrons. The molecule has 0 heterocycles. The molecule has 0 spiro atoms. The summed E-state index contributed by atoms with van der Waals surface area (Å²) in [6.07, 6.45) is 35.7. The molecule has 0 rings (SSSR count). The molecule has 0 bridgehead atoms. The van der Waals surface area contributed by atoms with E-state index in [-0.39, 0.29) is 11.6 Å². The van der Waals surface area contributed by atoms with E-state index in [2.05, 4.69) is 27.7 Å². The van der Waals surface area contributed by atoms with E-state index in [1.807, 2.05) is 0 Å². The van der Waals surface area contributed by atoms with Gasteiger partial charge in [0, 0.05) is 6.42 Å². The number of ether oxygens (including phenoxy) is 1. The van der Waals surface area contributed by atoms with Gasteiger partial charge in [-0.25, -0.2) is 0 Å². The summed E-state index contributed by atoms with van der Waals surface area (Å²) >= 11 is 0. The molecule has 2 heteroatoms. The highest BCUT2D eigenvalue weighted by Gasteiger charge is 2.27. The lowest BCUT2D eigenvalue weighted by Gasteiger charge is -2.30. The number of rotatable bonds is 29. The lowest BCUT2D eigenvalue weighted by molar-refractivity contribution is -0.160. The van der Waals surface area contributed by atoms with Gasteiger partial charge >= 0.3 is 5.97 Å². The van der Waals surface area contributed by atoms with Crippen LogP contribution in [0.25, 0.3) is 0 Å². The zero-order valence-corrected chi connectivity index (χ0v) is 25.6. The number of carbonyl (C=O) groups excluding carboxylic acids is 1. The number of hydrogen-bond acceptors (Lipinski definition) is 2. The first-order valence-electron chi connectivity index (χ1n) is 16.8. The molecule has 1 atom stereocenters. The maximum absolute atomic E-state index is 12.7. The molecule has 0 aliphatic heterocycles. The van der Waals surface area contributed by atoms with Crippen LogP contribution in [0.4, 0.5) is 0 Å². The normalized spacial score (nSPS) is 13.1. The van der Waals surface area contributed by atoms with Crippen molar-refractivity contribution in [2.24, 2.45) is 0 Å². The minimum Gasteiger partial charge on any atom is -0.459 e. The summed E-state index contributed by atoms with van der Waals surface area (Å²) in [5.74, 6) is 0.0528. The Morgan fingerprint density at radius 3 is 1.06 bits per heavy atom. The quantitative estimate of drug-likeness (QED) is 0.0741. The van der Waals surface area contributed by atoms with E-state index in [4.69, 9.17) is 4.74 Å². The Morgan fingerprint density at radius 1 is 0.444 bits per heavy atom.